The van der Waals surface area contributed by atoms with E-state index < -0.39 is 0 Å². The van der Waals surface area contributed by atoms with Crippen molar-refractivity contribution in [3.8, 4) is 5.75 Å². The molecule has 1 N–H and O–H groups in total. The third-order valence-corrected chi connectivity index (χ3v) is 6.10. The molecule has 0 aliphatic heterocycles. The molecule has 0 saturated carbocycles. The van der Waals surface area contributed by atoms with E-state index in [1.54, 1.807) is 24.3 Å². The second kappa shape index (κ2) is 11.2. The molecule has 6 heteroatoms. The lowest BCUT2D eigenvalue weighted by atomic mass is 10.1. The number of carbonyl (C=O) groups excluding carboxylic acids is 1. The summed E-state index contributed by atoms with van der Waals surface area (Å²) in [6.45, 7) is 6.21. The molecule has 0 aliphatic carbocycles. The molecule has 0 radical (unpaired) electrons. The lowest BCUT2D eigenvalue weighted by Crippen LogP contribution is -2.26. The molecule has 4 rings (SSSR count). The second-order valence-corrected chi connectivity index (χ2v) is 8.94. The van der Waals surface area contributed by atoms with Crippen LogP contribution in [0.4, 0.5) is 0 Å². The van der Waals surface area contributed by atoms with Crippen molar-refractivity contribution >= 4 is 28.5 Å². The molecule has 1 heterocycles. The maximum Gasteiger partial charge on any atom is 0.251 e. The first-order valence-electron chi connectivity index (χ1n) is 11.7. The summed E-state index contributed by atoms with van der Waals surface area (Å²) < 4.78 is 8.28. The number of hydrogen-bond donors (Lipinski definition) is 1. The lowest BCUT2D eigenvalue weighted by molar-refractivity contribution is 0.0954. The number of imidazole rings is 1. The fourth-order valence-corrected chi connectivity index (χ4v) is 4.10. The zero-order valence-corrected chi connectivity index (χ0v) is 20.4. The number of ether oxygens (including phenoxy) is 1. The number of aryl methyl sites for hydroxylation is 3. The summed E-state index contributed by atoms with van der Waals surface area (Å²) in [5.74, 6) is 1.83. The molecule has 0 unspecified atom stereocenters. The van der Waals surface area contributed by atoms with E-state index >= 15 is 0 Å². The van der Waals surface area contributed by atoms with Gasteiger partial charge in [-0.05, 0) is 80.3 Å². The molecule has 0 saturated heterocycles. The van der Waals surface area contributed by atoms with Crippen molar-refractivity contribution < 1.29 is 9.53 Å². The van der Waals surface area contributed by atoms with Gasteiger partial charge in [0.25, 0.3) is 5.91 Å². The smallest absolute Gasteiger partial charge is 0.251 e. The molecule has 0 bridgehead atoms. The Morgan fingerprint density at radius 1 is 1.03 bits per heavy atom. The highest BCUT2D eigenvalue weighted by Gasteiger charge is 2.11. The number of amides is 1. The number of rotatable bonds is 10. The number of hydrogen-bond acceptors (Lipinski definition) is 3. The second-order valence-electron chi connectivity index (χ2n) is 8.51. The van der Waals surface area contributed by atoms with E-state index in [0.717, 1.165) is 47.6 Å². The van der Waals surface area contributed by atoms with Crippen molar-refractivity contribution in [1.29, 1.82) is 0 Å². The standard InChI is InChI=1S/C28H30ClN3O2/c1-20-9-10-21(2)26(19-20)34-18-6-5-17-32-25-8-4-3-7-24(25)31-27(32)15-16-30-28(33)22-11-13-23(29)14-12-22/h3-4,7-14,19H,5-6,15-18H2,1-2H3,(H,30,33). The van der Waals surface area contributed by atoms with Gasteiger partial charge in [0.15, 0.2) is 0 Å². The Balaban J connectivity index is 1.33. The van der Waals surface area contributed by atoms with Crippen LogP contribution in [0.1, 0.15) is 40.2 Å². The number of halogens is 1. The average Bonchev–Trinajstić information content (AvgIpc) is 3.18. The predicted octanol–water partition coefficient (Wildman–Crippen LogP) is 6.14. The topological polar surface area (TPSA) is 56.1 Å². The summed E-state index contributed by atoms with van der Waals surface area (Å²) in [4.78, 5) is 17.2. The molecule has 5 nitrogen and oxygen atoms in total. The van der Waals surface area contributed by atoms with Crippen molar-refractivity contribution in [3.63, 3.8) is 0 Å². The van der Waals surface area contributed by atoms with Crippen LogP contribution in [-0.4, -0.2) is 28.6 Å². The summed E-state index contributed by atoms with van der Waals surface area (Å²) in [7, 11) is 0. The van der Waals surface area contributed by atoms with E-state index in [0.29, 0.717) is 30.2 Å². The minimum Gasteiger partial charge on any atom is -0.493 e. The minimum absolute atomic E-state index is 0.108. The summed E-state index contributed by atoms with van der Waals surface area (Å²) in [5, 5.41) is 3.60. The summed E-state index contributed by atoms with van der Waals surface area (Å²) >= 11 is 5.91. The molecule has 176 valence electrons. The monoisotopic (exact) mass is 475 g/mol. The third kappa shape index (κ3) is 5.97. The summed E-state index contributed by atoms with van der Waals surface area (Å²) in [6.07, 6.45) is 2.59. The largest absolute Gasteiger partial charge is 0.493 e. The van der Waals surface area contributed by atoms with Crippen LogP contribution in [0.25, 0.3) is 11.0 Å². The number of aromatic nitrogens is 2. The van der Waals surface area contributed by atoms with Gasteiger partial charge in [-0.3, -0.25) is 4.79 Å². The molecule has 1 aromatic heterocycles. The van der Waals surface area contributed by atoms with Gasteiger partial charge in [0.05, 0.1) is 17.6 Å². The van der Waals surface area contributed by atoms with Gasteiger partial charge in [-0.2, -0.15) is 0 Å². The van der Waals surface area contributed by atoms with Crippen molar-refractivity contribution in [1.82, 2.24) is 14.9 Å². The molecule has 0 fully saturated rings. The number of unbranched alkanes of at least 4 members (excludes halogenated alkanes) is 1. The number of benzene rings is 3. The molecular weight excluding hydrogens is 446 g/mol. The van der Waals surface area contributed by atoms with Gasteiger partial charge >= 0.3 is 0 Å². The van der Waals surface area contributed by atoms with Crippen LogP contribution in [0.3, 0.4) is 0 Å². The molecular formula is C28H30ClN3O2. The van der Waals surface area contributed by atoms with Crippen LogP contribution in [0, 0.1) is 13.8 Å². The lowest BCUT2D eigenvalue weighted by Gasteiger charge is -2.12. The van der Waals surface area contributed by atoms with Crippen LogP contribution in [0.15, 0.2) is 66.7 Å². The molecule has 0 spiro atoms. The van der Waals surface area contributed by atoms with Crippen molar-refractivity contribution in [2.75, 3.05) is 13.2 Å². The maximum atomic E-state index is 12.4. The number of nitrogens with zero attached hydrogens (tertiary/aromatic N) is 2. The van der Waals surface area contributed by atoms with Crippen LogP contribution in [0.5, 0.6) is 5.75 Å². The van der Waals surface area contributed by atoms with Crippen molar-refractivity contribution in [2.24, 2.45) is 0 Å². The van der Waals surface area contributed by atoms with Crippen LogP contribution in [-0.2, 0) is 13.0 Å². The van der Waals surface area contributed by atoms with Gasteiger partial charge in [-0.25, -0.2) is 4.98 Å². The highest BCUT2D eigenvalue weighted by Crippen LogP contribution is 2.20. The highest BCUT2D eigenvalue weighted by molar-refractivity contribution is 6.30. The Bertz CT molecular complexity index is 1260. The molecule has 3 aromatic carbocycles. The fourth-order valence-electron chi connectivity index (χ4n) is 3.97. The van der Waals surface area contributed by atoms with Crippen molar-refractivity contribution in [2.45, 2.75) is 39.7 Å². The fraction of sp³-hybridized carbons (Fsp3) is 0.286. The number of carbonyl (C=O) groups is 1. The third-order valence-electron chi connectivity index (χ3n) is 5.85. The quantitative estimate of drug-likeness (QED) is 0.280. The molecule has 34 heavy (non-hydrogen) atoms. The van der Waals surface area contributed by atoms with E-state index in [1.165, 1.54) is 5.56 Å². The zero-order valence-electron chi connectivity index (χ0n) is 19.7. The van der Waals surface area contributed by atoms with Gasteiger partial charge < -0.3 is 14.6 Å². The van der Waals surface area contributed by atoms with Crippen LogP contribution in [0.2, 0.25) is 5.02 Å². The average molecular weight is 476 g/mol. The number of nitrogens with one attached hydrogen (secondary N) is 1. The van der Waals surface area contributed by atoms with Gasteiger partial charge in [0.1, 0.15) is 11.6 Å². The van der Waals surface area contributed by atoms with E-state index in [1.807, 2.05) is 18.2 Å². The molecule has 0 atom stereocenters. The zero-order chi connectivity index (χ0) is 23.9. The Labute approximate surface area is 205 Å². The Kier molecular flexibility index (Phi) is 7.86. The van der Waals surface area contributed by atoms with E-state index in [9.17, 15) is 4.79 Å². The molecule has 4 aromatic rings. The van der Waals surface area contributed by atoms with Gasteiger partial charge in [0, 0.05) is 30.1 Å². The van der Waals surface area contributed by atoms with Gasteiger partial charge in [-0.15, -0.1) is 0 Å². The Hall–Kier alpha value is -3.31. The van der Waals surface area contributed by atoms with E-state index in [-0.39, 0.29) is 5.91 Å². The Morgan fingerprint density at radius 2 is 1.82 bits per heavy atom. The first kappa shape index (κ1) is 23.8. The maximum absolute atomic E-state index is 12.4. The number of fused-ring (bicyclic) bond motifs is 1. The number of para-hydroxylation sites is 2. The first-order chi connectivity index (χ1) is 16.5. The highest BCUT2D eigenvalue weighted by atomic mass is 35.5. The summed E-state index contributed by atoms with van der Waals surface area (Å²) in [5.41, 5.74) is 5.07. The van der Waals surface area contributed by atoms with Crippen LogP contribution < -0.4 is 10.1 Å². The summed E-state index contributed by atoms with van der Waals surface area (Å²) in [6, 6.07) is 21.4. The normalized spacial score (nSPS) is 11.0. The first-order valence-corrected chi connectivity index (χ1v) is 12.1. The molecule has 0 aliphatic rings. The van der Waals surface area contributed by atoms with Crippen LogP contribution >= 0.6 is 11.6 Å². The van der Waals surface area contributed by atoms with Gasteiger partial charge in [-0.1, -0.05) is 35.9 Å². The Morgan fingerprint density at radius 3 is 2.65 bits per heavy atom. The van der Waals surface area contributed by atoms with Gasteiger partial charge in [0.2, 0.25) is 0 Å². The van der Waals surface area contributed by atoms with E-state index in [2.05, 4.69) is 48.0 Å². The predicted molar refractivity (Wildman–Crippen MR) is 138 cm³/mol. The SMILES string of the molecule is Cc1ccc(C)c(OCCCCn2c(CCNC(=O)c3ccc(Cl)cc3)nc3ccccc32)c1. The van der Waals surface area contributed by atoms with E-state index in [4.69, 9.17) is 21.3 Å². The minimum atomic E-state index is -0.108. The van der Waals surface area contributed by atoms with Crippen molar-refractivity contribution in [3.05, 3.63) is 94.3 Å². The molecule has 1 amide bonds.